The number of allylic oxidation sites excluding steroid dienone is 1. The van der Waals surface area contributed by atoms with Gasteiger partial charge in [-0.05, 0) is 46.4 Å². The van der Waals surface area contributed by atoms with Crippen LogP contribution in [0.2, 0.25) is 0 Å². The zero-order valence-electron chi connectivity index (χ0n) is 15.1. The van der Waals surface area contributed by atoms with Crippen molar-refractivity contribution in [2.75, 3.05) is 7.11 Å². The maximum atomic E-state index is 11.0. The standard InChI is InChI=1S/C24H22O2/c1-3-23(19-7-5-4-6-8-19)24(20-11-9-18(17-25)10-12-20)21-13-15-22(26-2)16-14-21/h4-17H,3H2,1-2H3/b24-23+. The molecule has 0 bridgehead atoms. The molecule has 0 saturated heterocycles. The predicted molar refractivity (Wildman–Crippen MR) is 107 cm³/mol. The van der Waals surface area contributed by atoms with Crippen LogP contribution in [0.1, 0.15) is 40.4 Å². The summed E-state index contributed by atoms with van der Waals surface area (Å²) in [6.07, 6.45) is 1.78. The fourth-order valence-corrected chi connectivity index (χ4v) is 3.17. The van der Waals surface area contributed by atoms with Crippen LogP contribution in [0.15, 0.2) is 78.9 Å². The number of carbonyl (C=O) groups excluding carboxylic acids is 1. The summed E-state index contributed by atoms with van der Waals surface area (Å²) in [5, 5.41) is 0. The summed E-state index contributed by atoms with van der Waals surface area (Å²) in [5.41, 5.74) is 6.57. The van der Waals surface area contributed by atoms with Gasteiger partial charge < -0.3 is 4.74 Å². The Labute approximate surface area is 154 Å². The quantitative estimate of drug-likeness (QED) is 0.413. The average molecular weight is 342 g/mol. The number of carbonyl (C=O) groups is 1. The van der Waals surface area contributed by atoms with E-state index in [0.717, 1.165) is 29.6 Å². The van der Waals surface area contributed by atoms with Gasteiger partial charge in [-0.25, -0.2) is 0 Å². The van der Waals surface area contributed by atoms with E-state index in [4.69, 9.17) is 4.74 Å². The highest BCUT2D eigenvalue weighted by atomic mass is 16.5. The van der Waals surface area contributed by atoms with Crippen LogP contribution in [-0.4, -0.2) is 13.4 Å². The Morgan fingerprint density at radius 2 is 1.38 bits per heavy atom. The Bertz CT molecular complexity index is 889. The molecular formula is C24H22O2. The molecule has 0 unspecified atom stereocenters. The third-order valence-corrected chi connectivity index (χ3v) is 4.49. The summed E-state index contributed by atoms with van der Waals surface area (Å²) >= 11 is 0. The van der Waals surface area contributed by atoms with Gasteiger partial charge in [0.25, 0.3) is 0 Å². The molecule has 0 radical (unpaired) electrons. The van der Waals surface area contributed by atoms with Gasteiger partial charge in [-0.15, -0.1) is 0 Å². The van der Waals surface area contributed by atoms with Crippen molar-refractivity contribution in [2.45, 2.75) is 13.3 Å². The minimum absolute atomic E-state index is 0.681. The Balaban J connectivity index is 2.22. The van der Waals surface area contributed by atoms with Gasteiger partial charge in [0.2, 0.25) is 0 Å². The fraction of sp³-hybridized carbons (Fsp3) is 0.125. The number of rotatable bonds is 6. The molecule has 3 aromatic carbocycles. The first-order chi connectivity index (χ1) is 12.8. The van der Waals surface area contributed by atoms with Crippen molar-refractivity contribution in [2.24, 2.45) is 0 Å². The van der Waals surface area contributed by atoms with Crippen molar-refractivity contribution in [3.63, 3.8) is 0 Å². The monoisotopic (exact) mass is 342 g/mol. The normalized spacial score (nSPS) is 11.6. The third kappa shape index (κ3) is 3.75. The fourth-order valence-electron chi connectivity index (χ4n) is 3.17. The minimum atomic E-state index is 0.681. The number of aldehydes is 1. The first kappa shape index (κ1) is 17.7. The maximum Gasteiger partial charge on any atom is 0.150 e. The molecule has 0 heterocycles. The van der Waals surface area contributed by atoms with Crippen LogP contribution >= 0.6 is 0 Å². The second-order valence-corrected chi connectivity index (χ2v) is 6.04. The van der Waals surface area contributed by atoms with Gasteiger partial charge in [0.15, 0.2) is 0 Å². The molecule has 0 aromatic heterocycles. The lowest BCUT2D eigenvalue weighted by molar-refractivity contribution is 0.112. The zero-order chi connectivity index (χ0) is 18.4. The molecule has 0 fully saturated rings. The number of hydrogen-bond donors (Lipinski definition) is 0. The predicted octanol–water partition coefficient (Wildman–Crippen LogP) is 5.88. The Hall–Kier alpha value is -3.13. The molecule has 130 valence electrons. The van der Waals surface area contributed by atoms with Crippen LogP contribution in [0, 0.1) is 0 Å². The summed E-state index contributed by atoms with van der Waals surface area (Å²) < 4.78 is 5.30. The highest BCUT2D eigenvalue weighted by Gasteiger charge is 2.13. The van der Waals surface area contributed by atoms with Crippen LogP contribution < -0.4 is 4.74 Å². The first-order valence-electron chi connectivity index (χ1n) is 8.75. The molecule has 0 aliphatic carbocycles. The molecular weight excluding hydrogens is 320 g/mol. The molecule has 2 nitrogen and oxygen atoms in total. The zero-order valence-corrected chi connectivity index (χ0v) is 15.1. The molecule has 3 rings (SSSR count). The van der Waals surface area contributed by atoms with Gasteiger partial charge >= 0.3 is 0 Å². The molecule has 3 aromatic rings. The molecule has 26 heavy (non-hydrogen) atoms. The largest absolute Gasteiger partial charge is 0.497 e. The van der Waals surface area contributed by atoms with Gasteiger partial charge in [-0.2, -0.15) is 0 Å². The van der Waals surface area contributed by atoms with Crippen molar-refractivity contribution in [1.29, 1.82) is 0 Å². The van der Waals surface area contributed by atoms with E-state index >= 15 is 0 Å². The third-order valence-electron chi connectivity index (χ3n) is 4.49. The average Bonchev–Trinajstić information content (AvgIpc) is 2.73. The highest BCUT2D eigenvalue weighted by Crippen LogP contribution is 2.35. The van der Waals surface area contributed by atoms with Gasteiger partial charge in [-0.1, -0.05) is 73.7 Å². The summed E-state index contributed by atoms with van der Waals surface area (Å²) in [6, 6.07) is 26.3. The van der Waals surface area contributed by atoms with E-state index < -0.39 is 0 Å². The van der Waals surface area contributed by atoms with E-state index in [1.54, 1.807) is 7.11 Å². The molecule has 0 spiro atoms. The van der Waals surface area contributed by atoms with Crippen LogP contribution in [0.25, 0.3) is 11.1 Å². The van der Waals surface area contributed by atoms with Crippen LogP contribution in [-0.2, 0) is 0 Å². The molecule has 0 saturated carbocycles. The molecule has 2 heteroatoms. The Kier molecular flexibility index (Phi) is 5.65. The van der Waals surface area contributed by atoms with Crippen molar-refractivity contribution in [1.82, 2.24) is 0 Å². The summed E-state index contributed by atoms with van der Waals surface area (Å²) in [5.74, 6) is 0.835. The van der Waals surface area contributed by atoms with Crippen molar-refractivity contribution in [3.05, 3.63) is 101 Å². The van der Waals surface area contributed by atoms with E-state index in [9.17, 15) is 4.79 Å². The van der Waals surface area contributed by atoms with Crippen molar-refractivity contribution < 1.29 is 9.53 Å². The van der Waals surface area contributed by atoms with Gasteiger partial charge in [-0.3, -0.25) is 4.79 Å². The summed E-state index contributed by atoms with van der Waals surface area (Å²) in [4.78, 5) is 11.0. The number of hydrogen-bond acceptors (Lipinski definition) is 2. The van der Waals surface area contributed by atoms with Gasteiger partial charge in [0.05, 0.1) is 7.11 Å². The summed E-state index contributed by atoms with van der Waals surface area (Å²) in [6.45, 7) is 2.17. The molecule has 0 N–H and O–H groups in total. The summed E-state index contributed by atoms with van der Waals surface area (Å²) in [7, 11) is 1.67. The van der Waals surface area contributed by atoms with Crippen molar-refractivity contribution >= 4 is 17.4 Å². The second kappa shape index (κ2) is 8.30. The van der Waals surface area contributed by atoms with Gasteiger partial charge in [0.1, 0.15) is 12.0 Å². The Morgan fingerprint density at radius 3 is 1.88 bits per heavy atom. The number of benzene rings is 3. The lowest BCUT2D eigenvalue weighted by Crippen LogP contribution is -1.96. The Morgan fingerprint density at radius 1 is 0.808 bits per heavy atom. The topological polar surface area (TPSA) is 26.3 Å². The second-order valence-electron chi connectivity index (χ2n) is 6.04. The lowest BCUT2D eigenvalue weighted by atomic mass is 9.88. The molecule has 0 aliphatic heterocycles. The SMILES string of the molecule is CC/C(=C(/c1ccc(C=O)cc1)c1ccc(OC)cc1)c1ccccc1. The van der Waals surface area contributed by atoms with E-state index in [-0.39, 0.29) is 0 Å². The molecule has 0 amide bonds. The highest BCUT2D eigenvalue weighted by molar-refractivity contribution is 5.98. The van der Waals surface area contributed by atoms with Gasteiger partial charge in [0, 0.05) is 5.56 Å². The number of ether oxygens (including phenoxy) is 1. The molecule has 0 aliphatic rings. The van der Waals surface area contributed by atoms with E-state index in [1.165, 1.54) is 16.7 Å². The van der Waals surface area contributed by atoms with E-state index in [0.29, 0.717) is 5.56 Å². The van der Waals surface area contributed by atoms with Crippen LogP contribution in [0.5, 0.6) is 5.75 Å². The van der Waals surface area contributed by atoms with E-state index in [1.807, 2.05) is 42.5 Å². The maximum absolute atomic E-state index is 11.0. The van der Waals surface area contributed by atoms with Crippen LogP contribution in [0.3, 0.4) is 0 Å². The number of methoxy groups -OCH3 is 1. The minimum Gasteiger partial charge on any atom is -0.497 e. The lowest BCUT2D eigenvalue weighted by Gasteiger charge is -2.17. The van der Waals surface area contributed by atoms with E-state index in [2.05, 4.69) is 43.3 Å². The molecule has 0 atom stereocenters. The first-order valence-corrected chi connectivity index (χ1v) is 8.75. The van der Waals surface area contributed by atoms with Crippen molar-refractivity contribution in [3.8, 4) is 5.75 Å². The smallest absolute Gasteiger partial charge is 0.150 e. The van der Waals surface area contributed by atoms with Crippen LogP contribution in [0.4, 0.5) is 0 Å².